The van der Waals surface area contributed by atoms with E-state index in [1.165, 1.54) is 6.92 Å². The van der Waals surface area contributed by atoms with Crippen LogP contribution < -0.4 is 10.6 Å². The third-order valence-corrected chi connectivity index (χ3v) is 2.08. The Morgan fingerprint density at radius 3 is 3.14 bits per heavy atom. The third-order valence-electron chi connectivity index (χ3n) is 2.08. The first kappa shape index (κ1) is 9.14. The molecule has 0 radical (unpaired) electrons. The highest BCUT2D eigenvalue weighted by atomic mass is 16.4. The fourth-order valence-corrected chi connectivity index (χ4v) is 1.47. The summed E-state index contributed by atoms with van der Waals surface area (Å²) < 4.78 is 5.26. The summed E-state index contributed by atoms with van der Waals surface area (Å²) in [4.78, 5) is 10.7. The number of nitrogens with one attached hydrogen (secondary N) is 2. The highest BCUT2D eigenvalue weighted by Crippen LogP contribution is 2.22. The molecule has 0 bridgehead atoms. The Hall–Kier alpha value is -1.43. The summed E-state index contributed by atoms with van der Waals surface area (Å²) in [6, 6.07) is 0.311. The van der Waals surface area contributed by atoms with Crippen LogP contribution in [0.2, 0.25) is 0 Å². The van der Waals surface area contributed by atoms with E-state index in [4.69, 9.17) is 4.42 Å². The number of carbonyl (C=O) groups excluding carboxylic acids is 1. The number of rotatable bonds is 2. The average Bonchev–Trinajstić information content (AvgIpc) is 2.69. The van der Waals surface area contributed by atoms with Gasteiger partial charge in [-0.05, 0) is 19.4 Å². The van der Waals surface area contributed by atoms with Crippen molar-refractivity contribution in [3.05, 3.63) is 5.89 Å². The van der Waals surface area contributed by atoms with Gasteiger partial charge in [0.05, 0.1) is 6.04 Å². The van der Waals surface area contributed by atoms with E-state index in [0.29, 0.717) is 5.89 Å². The summed E-state index contributed by atoms with van der Waals surface area (Å²) >= 11 is 0. The normalized spacial score (nSPS) is 21.1. The molecule has 2 heterocycles. The molecule has 0 spiro atoms. The van der Waals surface area contributed by atoms with Crippen molar-refractivity contribution < 1.29 is 9.21 Å². The Morgan fingerprint density at radius 1 is 1.64 bits per heavy atom. The maximum absolute atomic E-state index is 10.7. The van der Waals surface area contributed by atoms with Crippen LogP contribution in [0.1, 0.15) is 31.7 Å². The number of nitrogens with zero attached hydrogens (tertiary/aromatic N) is 2. The van der Waals surface area contributed by atoms with Gasteiger partial charge in [-0.3, -0.25) is 10.1 Å². The van der Waals surface area contributed by atoms with Crippen molar-refractivity contribution in [1.82, 2.24) is 15.5 Å². The summed E-state index contributed by atoms with van der Waals surface area (Å²) in [5.74, 6) is 0.339. The summed E-state index contributed by atoms with van der Waals surface area (Å²) in [5, 5.41) is 13.2. The van der Waals surface area contributed by atoms with Crippen LogP contribution in [0.4, 0.5) is 6.01 Å². The fraction of sp³-hybridized carbons (Fsp3) is 0.625. The molecule has 6 heteroatoms. The van der Waals surface area contributed by atoms with Crippen LogP contribution in [0, 0.1) is 0 Å². The van der Waals surface area contributed by atoms with Gasteiger partial charge >= 0.3 is 6.01 Å². The first-order valence-electron chi connectivity index (χ1n) is 4.60. The van der Waals surface area contributed by atoms with Crippen LogP contribution in [-0.2, 0) is 4.79 Å². The minimum atomic E-state index is -0.209. The van der Waals surface area contributed by atoms with Crippen LogP contribution in [0.15, 0.2) is 4.42 Å². The first-order chi connectivity index (χ1) is 6.75. The second-order valence-corrected chi connectivity index (χ2v) is 3.28. The van der Waals surface area contributed by atoms with E-state index in [2.05, 4.69) is 20.8 Å². The molecule has 1 fully saturated rings. The quantitative estimate of drug-likeness (QED) is 0.718. The zero-order valence-electron chi connectivity index (χ0n) is 7.91. The van der Waals surface area contributed by atoms with Crippen LogP contribution in [0.3, 0.4) is 0 Å². The molecule has 1 unspecified atom stereocenters. The molecule has 6 nitrogen and oxygen atoms in total. The molecule has 1 aliphatic rings. The minimum absolute atomic E-state index is 0.144. The highest BCUT2D eigenvalue weighted by Gasteiger charge is 2.22. The van der Waals surface area contributed by atoms with Gasteiger partial charge in [0.1, 0.15) is 0 Å². The molecule has 2 rings (SSSR count). The molecule has 0 aliphatic carbocycles. The predicted molar refractivity (Wildman–Crippen MR) is 48.6 cm³/mol. The molecular weight excluding hydrogens is 184 g/mol. The van der Waals surface area contributed by atoms with E-state index in [0.717, 1.165) is 19.4 Å². The van der Waals surface area contributed by atoms with E-state index >= 15 is 0 Å². The third kappa shape index (κ3) is 1.90. The van der Waals surface area contributed by atoms with Crippen molar-refractivity contribution in [3.63, 3.8) is 0 Å². The van der Waals surface area contributed by atoms with Gasteiger partial charge in [0.15, 0.2) is 0 Å². The van der Waals surface area contributed by atoms with E-state index < -0.39 is 0 Å². The molecule has 1 aromatic heterocycles. The molecule has 1 amide bonds. The summed E-state index contributed by atoms with van der Waals surface area (Å²) in [5.41, 5.74) is 0. The Labute approximate surface area is 81.1 Å². The fourth-order valence-electron chi connectivity index (χ4n) is 1.47. The van der Waals surface area contributed by atoms with Crippen molar-refractivity contribution in [2.24, 2.45) is 0 Å². The molecule has 1 aromatic rings. The molecule has 14 heavy (non-hydrogen) atoms. The number of anilines is 1. The molecular formula is C8H12N4O2. The largest absolute Gasteiger partial charge is 0.406 e. The topological polar surface area (TPSA) is 80.0 Å². The molecule has 76 valence electrons. The second kappa shape index (κ2) is 3.75. The highest BCUT2D eigenvalue weighted by molar-refractivity contribution is 5.86. The maximum Gasteiger partial charge on any atom is 0.322 e. The van der Waals surface area contributed by atoms with E-state index in [1.54, 1.807) is 0 Å². The molecule has 1 aliphatic heterocycles. The Kier molecular flexibility index (Phi) is 2.45. The second-order valence-electron chi connectivity index (χ2n) is 3.28. The van der Waals surface area contributed by atoms with Crippen LogP contribution >= 0.6 is 0 Å². The van der Waals surface area contributed by atoms with Gasteiger partial charge in [0.25, 0.3) is 0 Å². The van der Waals surface area contributed by atoms with Gasteiger partial charge in [-0.1, -0.05) is 5.10 Å². The lowest BCUT2D eigenvalue weighted by atomic mass is 10.2. The lowest BCUT2D eigenvalue weighted by molar-refractivity contribution is -0.114. The summed E-state index contributed by atoms with van der Waals surface area (Å²) in [7, 11) is 0. The van der Waals surface area contributed by atoms with Crippen LogP contribution in [0.5, 0.6) is 0 Å². The molecule has 1 atom stereocenters. The molecule has 2 N–H and O–H groups in total. The van der Waals surface area contributed by atoms with E-state index in [9.17, 15) is 4.79 Å². The van der Waals surface area contributed by atoms with Gasteiger partial charge in [-0.15, -0.1) is 5.10 Å². The zero-order chi connectivity index (χ0) is 9.97. The lowest BCUT2D eigenvalue weighted by Crippen LogP contribution is -2.13. The smallest absolute Gasteiger partial charge is 0.322 e. The first-order valence-corrected chi connectivity index (χ1v) is 4.60. The van der Waals surface area contributed by atoms with E-state index in [1.807, 2.05) is 0 Å². The van der Waals surface area contributed by atoms with Crippen molar-refractivity contribution in [3.8, 4) is 0 Å². The van der Waals surface area contributed by atoms with Gasteiger partial charge in [0.2, 0.25) is 11.8 Å². The predicted octanol–water partition coefficient (Wildman–Crippen LogP) is 0.452. The lowest BCUT2D eigenvalue weighted by Gasteiger charge is -2.01. The SMILES string of the molecule is CC(=O)Nc1nnc(C2CCCN2)o1. The molecule has 0 aromatic carbocycles. The monoisotopic (exact) mass is 196 g/mol. The molecule has 1 saturated heterocycles. The van der Waals surface area contributed by atoms with Gasteiger partial charge < -0.3 is 9.73 Å². The summed E-state index contributed by atoms with van der Waals surface area (Å²) in [6.45, 7) is 2.38. The summed E-state index contributed by atoms with van der Waals surface area (Å²) in [6.07, 6.45) is 2.12. The van der Waals surface area contributed by atoms with Gasteiger partial charge in [-0.2, -0.15) is 0 Å². The minimum Gasteiger partial charge on any atom is -0.406 e. The Balaban J connectivity index is 2.05. The van der Waals surface area contributed by atoms with Crippen LogP contribution in [-0.4, -0.2) is 22.6 Å². The number of hydrogen-bond donors (Lipinski definition) is 2. The number of hydrogen-bond acceptors (Lipinski definition) is 5. The number of amides is 1. The van der Waals surface area contributed by atoms with Crippen molar-refractivity contribution in [2.75, 3.05) is 11.9 Å². The Bertz CT molecular complexity index is 330. The average molecular weight is 196 g/mol. The van der Waals surface area contributed by atoms with E-state index in [-0.39, 0.29) is 18.0 Å². The number of aromatic nitrogens is 2. The van der Waals surface area contributed by atoms with Gasteiger partial charge in [0, 0.05) is 6.92 Å². The standard InChI is InChI=1S/C8H12N4O2/c1-5(13)10-8-12-11-7(14-8)6-3-2-4-9-6/h6,9H,2-4H2,1H3,(H,10,12,13). The van der Waals surface area contributed by atoms with Crippen molar-refractivity contribution >= 4 is 11.9 Å². The van der Waals surface area contributed by atoms with Crippen LogP contribution in [0.25, 0.3) is 0 Å². The maximum atomic E-state index is 10.7. The van der Waals surface area contributed by atoms with Crippen molar-refractivity contribution in [1.29, 1.82) is 0 Å². The number of carbonyl (C=O) groups is 1. The van der Waals surface area contributed by atoms with Crippen molar-refractivity contribution in [2.45, 2.75) is 25.8 Å². The molecule has 0 saturated carbocycles. The van der Waals surface area contributed by atoms with Gasteiger partial charge in [-0.25, -0.2) is 0 Å². The zero-order valence-corrected chi connectivity index (χ0v) is 7.91. The Morgan fingerprint density at radius 2 is 2.50 bits per heavy atom.